The van der Waals surface area contributed by atoms with Crippen LogP contribution >= 0.6 is 11.6 Å². The first kappa shape index (κ1) is 17.9. The lowest BCUT2D eigenvalue weighted by Gasteiger charge is -2.36. The number of carbonyl (C=O) groups excluding carboxylic acids is 1. The van der Waals surface area contributed by atoms with Gasteiger partial charge in [0, 0.05) is 62.9 Å². The first-order valence-electron chi connectivity index (χ1n) is 8.96. The van der Waals surface area contributed by atoms with Crippen molar-refractivity contribution < 1.29 is 4.79 Å². The van der Waals surface area contributed by atoms with E-state index in [4.69, 9.17) is 17.3 Å². The minimum Gasteiger partial charge on any atom is -0.370 e. The second-order valence-electron chi connectivity index (χ2n) is 6.53. The lowest BCUT2D eigenvalue weighted by atomic mass is 10.2. The average Bonchev–Trinajstić information content (AvgIpc) is 3.04. The number of hydrogen-bond donors (Lipinski definition) is 1. The van der Waals surface area contributed by atoms with Crippen LogP contribution in [0.5, 0.6) is 0 Å². The predicted octanol–water partition coefficient (Wildman–Crippen LogP) is 1.79. The summed E-state index contributed by atoms with van der Waals surface area (Å²) in [7, 11) is 0. The van der Waals surface area contributed by atoms with E-state index in [0.29, 0.717) is 18.9 Å². The molecule has 2 saturated heterocycles. The number of carbonyl (C=O) groups is 1. The number of halogens is 1. The molecule has 2 fully saturated rings. The molecule has 1 aromatic carbocycles. The van der Waals surface area contributed by atoms with E-state index in [9.17, 15) is 4.79 Å². The van der Waals surface area contributed by atoms with Crippen molar-refractivity contribution in [2.45, 2.75) is 19.3 Å². The van der Waals surface area contributed by atoms with Crippen molar-refractivity contribution in [2.75, 3.05) is 50.7 Å². The van der Waals surface area contributed by atoms with E-state index in [1.807, 2.05) is 17.0 Å². The minimum atomic E-state index is 0.273. The summed E-state index contributed by atoms with van der Waals surface area (Å²) in [4.78, 5) is 22.4. The maximum Gasteiger partial charge on any atom is 0.222 e. The number of aliphatic imine (C=N–C) groups is 1. The van der Waals surface area contributed by atoms with Gasteiger partial charge in [0.15, 0.2) is 5.96 Å². The molecule has 2 aliphatic rings. The molecule has 0 spiro atoms. The van der Waals surface area contributed by atoms with Crippen molar-refractivity contribution in [3.05, 3.63) is 29.3 Å². The topological polar surface area (TPSA) is 65.2 Å². The van der Waals surface area contributed by atoms with Crippen LogP contribution in [0.15, 0.2) is 29.3 Å². The molecular formula is C18H26ClN5O. The maximum atomic E-state index is 11.6. The Bertz CT molecular complexity index is 610. The van der Waals surface area contributed by atoms with Crippen LogP contribution in [0.25, 0.3) is 0 Å². The average molecular weight is 364 g/mol. The Labute approximate surface area is 154 Å². The maximum absolute atomic E-state index is 11.6. The van der Waals surface area contributed by atoms with Crippen molar-refractivity contribution >= 4 is 29.2 Å². The monoisotopic (exact) mass is 363 g/mol. The van der Waals surface area contributed by atoms with Gasteiger partial charge in [-0.2, -0.15) is 0 Å². The highest BCUT2D eigenvalue weighted by Crippen LogP contribution is 2.19. The molecule has 0 aromatic heterocycles. The molecule has 2 heterocycles. The van der Waals surface area contributed by atoms with Crippen molar-refractivity contribution in [3.63, 3.8) is 0 Å². The molecule has 7 heteroatoms. The summed E-state index contributed by atoms with van der Waals surface area (Å²) in [5, 5.41) is 0.759. The molecule has 25 heavy (non-hydrogen) atoms. The van der Waals surface area contributed by atoms with Gasteiger partial charge >= 0.3 is 0 Å². The highest BCUT2D eigenvalue weighted by Gasteiger charge is 2.20. The molecule has 2 N–H and O–H groups in total. The summed E-state index contributed by atoms with van der Waals surface area (Å²) in [5.41, 5.74) is 7.32. The van der Waals surface area contributed by atoms with E-state index < -0.39 is 0 Å². The van der Waals surface area contributed by atoms with E-state index in [0.717, 1.165) is 57.1 Å². The number of rotatable bonds is 5. The van der Waals surface area contributed by atoms with Crippen LogP contribution < -0.4 is 10.6 Å². The zero-order valence-electron chi connectivity index (χ0n) is 14.5. The van der Waals surface area contributed by atoms with Gasteiger partial charge in [0.2, 0.25) is 5.91 Å². The highest BCUT2D eigenvalue weighted by atomic mass is 35.5. The molecule has 136 valence electrons. The van der Waals surface area contributed by atoms with E-state index in [1.54, 1.807) is 0 Å². The quantitative estimate of drug-likeness (QED) is 0.492. The van der Waals surface area contributed by atoms with Crippen LogP contribution in [0.1, 0.15) is 19.3 Å². The second-order valence-corrected chi connectivity index (χ2v) is 6.96. The third-order valence-electron chi connectivity index (χ3n) is 4.83. The fourth-order valence-electron chi connectivity index (χ4n) is 3.34. The van der Waals surface area contributed by atoms with Crippen LogP contribution in [-0.4, -0.2) is 67.5 Å². The zero-order valence-corrected chi connectivity index (χ0v) is 15.3. The van der Waals surface area contributed by atoms with Gasteiger partial charge in [0.1, 0.15) is 0 Å². The summed E-state index contributed by atoms with van der Waals surface area (Å²) in [6.07, 6.45) is 2.56. The van der Waals surface area contributed by atoms with Gasteiger partial charge in [-0.1, -0.05) is 11.6 Å². The molecule has 2 aliphatic heterocycles. The van der Waals surface area contributed by atoms with Gasteiger partial charge in [-0.05, 0) is 37.1 Å². The second kappa shape index (κ2) is 8.43. The van der Waals surface area contributed by atoms with E-state index in [1.165, 1.54) is 5.69 Å². The summed E-state index contributed by atoms with van der Waals surface area (Å²) < 4.78 is 0. The van der Waals surface area contributed by atoms with Crippen LogP contribution in [0.4, 0.5) is 5.69 Å². The Hall–Kier alpha value is -1.95. The number of guanidine groups is 1. The Morgan fingerprint density at radius 1 is 1.12 bits per heavy atom. The lowest BCUT2D eigenvalue weighted by molar-refractivity contribution is -0.127. The van der Waals surface area contributed by atoms with E-state index in [2.05, 4.69) is 26.9 Å². The van der Waals surface area contributed by atoms with Gasteiger partial charge in [0.25, 0.3) is 0 Å². The minimum absolute atomic E-state index is 0.273. The standard InChI is InChI=1S/C18H26ClN5O/c19-15-4-6-16(7-5-15)22-11-13-24(14-12-22)18(20)21-8-2-10-23-9-1-3-17(23)25/h4-7H,1-3,8-14H2,(H2,20,21). The number of nitrogens with zero attached hydrogens (tertiary/aromatic N) is 4. The number of amides is 1. The van der Waals surface area contributed by atoms with Crippen LogP contribution in [-0.2, 0) is 4.79 Å². The summed E-state index contributed by atoms with van der Waals surface area (Å²) >= 11 is 5.94. The normalized spacial score (nSPS) is 19.0. The molecule has 0 aliphatic carbocycles. The molecule has 0 atom stereocenters. The third-order valence-corrected chi connectivity index (χ3v) is 5.08. The Balaban J connectivity index is 1.40. The molecule has 1 aromatic rings. The van der Waals surface area contributed by atoms with Gasteiger partial charge in [-0.3, -0.25) is 9.79 Å². The number of hydrogen-bond acceptors (Lipinski definition) is 3. The molecule has 0 bridgehead atoms. The predicted molar refractivity (Wildman–Crippen MR) is 102 cm³/mol. The smallest absolute Gasteiger partial charge is 0.222 e. The van der Waals surface area contributed by atoms with Crippen LogP contribution in [0.3, 0.4) is 0 Å². The van der Waals surface area contributed by atoms with Crippen LogP contribution in [0.2, 0.25) is 5.02 Å². The van der Waals surface area contributed by atoms with Crippen LogP contribution in [0, 0.1) is 0 Å². The van der Waals surface area contributed by atoms with Crippen molar-refractivity contribution in [3.8, 4) is 0 Å². The fraction of sp³-hybridized carbons (Fsp3) is 0.556. The highest BCUT2D eigenvalue weighted by molar-refractivity contribution is 6.30. The van der Waals surface area contributed by atoms with E-state index >= 15 is 0 Å². The third kappa shape index (κ3) is 4.78. The van der Waals surface area contributed by atoms with Crippen molar-refractivity contribution in [2.24, 2.45) is 10.7 Å². The Morgan fingerprint density at radius 3 is 2.48 bits per heavy atom. The number of piperazine rings is 1. The van der Waals surface area contributed by atoms with Gasteiger partial charge in [0.05, 0.1) is 0 Å². The SMILES string of the molecule is NC(=NCCCN1CCCC1=O)N1CCN(c2ccc(Cl)cc2)CC1. The first-order chi connectivity index (χ1) is 12.1. The summed E-state index contributed by atoms with van der Waals surface area (Å²) in [5.74, 6) is 0.888. The van der Waals surface area contributed by atoms with E-state index in [-0.39, 0.29) is 5.91 Å². The molecule has 6 nitrogen and oxygen atoms in total. The molecule has 0 unspecified atom stereocenters. The number of nitrogens with two attached hydrogens (primary N) is 1. The molecule has 0 radical (unpaired) electrons. The Morgan fingerprint density at radius 2 is 1.84 bits per heavy atom. The Kier molecular flexibility index (Phi) is 6.02. The number of benzene rings is 1. The molecule has 1 amide bonds. The molecule has 0 saturated carbocycles. The lowest BCUT2D eigenvalue weighted by Crippen LogP contribution is -2.51. The summed E-state index contributed by atoms with van der Waals surface area (Å²) in [6, 6.07) is 7.94. The molecule has 3 rings (SSSR count). The van der Waals surface area contributed by atoms with Crippen molar-refractivity contribution in [1.82, 2.24) is 9.80 Å². The number of anilines is 1. The summed E-state index contributed by atoms with van der Waals surface area (Å²) in [6.45, 7) is 5.92. The zero-order chi connectivity index (χ0) is 17.6. The van der Waals surface area contributed by atoms with Gasteiger partial charge < -0.3 is 20.4 Å². The van der Waals surface area contributed by atoms with Gasteiger partial charge in [-0.15, -0.1) is 0 Å². The van der Waals surface area contributed by atoms with Crippen molar-refractivity contribution in [1.29, 1.82) is 0 Å². The fourth-order valence-corrected chi connectivity index (χ4v) is 3.47. The van der Waals surface area contributed by atoms with Gasteiger partial charge in [-0.25, -0.2) is 0 Å². The molecular weight excluding hydrogens is 338 g/mol. The largest absolute Gasteiger partial charge is 0.370 e. The first-order valence-corrected chi connectivity index (χ1v) is 9.34. The number of likely N-dealkylation sites (tertiary alicyclic amines) is 1.